The summed E-state index contributed by atoms with van der Waals surface area (Å²) in [6.07, 6.45) is 10.2. The Morgan fingerprint density at radius 2 is 1.57 bits per heavy atom. The number of carbonyl (C=O) groups is 1. The van der Waals surface area contributed by atoms with Crippen molar-refractivity contribution >= 4 is 5.97 Å². The van der Waals surface area contributed by atoms with Crippen LogP contribution in [0, 0.1) is 50.2 Å². The summed E-state index contributed by atoms with van der Waals surface area (Å²) in [5, 5.41) is 21.9. The van der Waals surface area contributed by atoms with Gasteiger partial charge in [-0.1, -0.05) is 60.1 Å². The number of aliphatic hydroxyl groups is 2. The average Bonchev–Trinajstić information content (AvgIpc) is 2.77. The number of fused-ring (bicyclic) bond motifs is 7. The van der Waals surface area contributed by atoms with Crippen LogP contribution in [0.1, 0.15) is 106 Å². The number of ether oxygens (including phenoxy) is 1. The van der Waals surface area contributed by atoms with Crippen molar-refractivity contribution in [2.75, 3.05) is 7.11 Å². The van der Waals surface area contributed by atoms with Gasteiger partial charge in [0.05, 0.1) is 24.7 Å². The highest BCUT2D eigenvalue weighted by Crippen LogP contribution is 2.75. The maximum atomic E-state index is 13.4. The molecule has 0 radical (unpaired) electrons. The van der Waals surface area contributed by atoms with Gasteiger partial charge < -0.3 is 14.9 Å². The van der Waals surface area contributed by atoms with Crippen LogP contribution in [0.5, 0.6) is 0 Å². The molecule has 0 aliphatic heterocycles. The fourth-order valence-electron chi connectivity index (χ4n) is 11.0. The summed E-state index contributed by atoms with van der Waals surface area (Å²) in [5.74, 6) is 1.13. The minimum Gasteiger partial charge on any atom is -0.469 e. The molecular formula is C31H50O4. The maximum Gasteiger partial charge on any atom is 0.312 e. The first-order valence-electron chi connectivity index (χ1n) is 14.2. The first-order chi connectivity index (χ1) is 16.1. The van der Waals surface area contributed by atoms with Gasteiger partial charge in [0, 0.05) is 0 Å². The van der Waals surface area contributed by atoms with E-state index in [0.29, 0.717) is 18.3 Å². The molecule has 4 nitrogen and oxygen atoms in total. The molecule has 5 aliphatic carbocycles. The zero-order valence-electron chi connectivity index (χ0n) is 23.5. The van der Waals surface area contributed by atoms with E-state index in [9.17, 15) is 15.0 Å². The predicted molar refractivity (Wildman–Crippen MR) is 138 cm³/mol. The number of esters is 1. The molecule has 4 fully saturated rings. The standard InChI is InChI=1S/C31H50O4/c1-26(2)13-15-31(25(34)35-8)16-14-29(6)19(20(31)17-26)9-10-23-28(5)18-21(32)24(33)27(3,4)22(28)11-12-30(23,29)7/h9,20-24,32-33H,10-18H2,1-8H3/t20-,21-,22?,23-,24+,28+,29-,30-,31+/m1/s1. The summed E-state index contributed by atoms with van der Waals surface area (Å²) < 4.78 is 5.48. The highest BCUT2D eigenvalue weighted by atomic mass is 16.5. The van der Waals surface area contributed by atoms with Gasteiger partial charge in [0.15, 0.2) is 0 Å². The van der Waals surface area contributed by atoms with Crippen LogP contribution in [0.15, 0.2) is 11.6 Å². The second kappa shape index (κ2) is 7.59. The van der Waals surface area contributed by atoms with Crippen LogP contribution in [0.25, 0.3) is 0 Å². The monoisotopic (exact) mass is 486 g/mol. The molecule has 9 atom stereocenters. The van der Waals surface area contributed by atoms with Crippen molar-refractivity contribution in [3.05, 3.63) is 11.6 Å². The molecule has 2 N–H and O–H groups in total. The van der Waals surface area contributed by atoms with Crippen LogP contribution >= 0.6 is 0 Å². The van der Waals surface area contributed by atoms with Crippen molar-refractivity contribution in [1.29, 1.82) is 0 Å². The third kappa shape index (κ3) is 3.14. The quantitative estimate of drug-likeness (QED) is 0.337. The fourth-order valence-corrected chi connectivity index (χ4v) is 11.0. The van der Waals surface area contributed by atoms with Crippen molar-refractivity contribution in [1.82, 2.24) is 0 Å². The third-order valence-corrected chi connectivity index (χ3v) is 13.2. The lowest BCUT2D eigenvalue weighted by Crippen LogP contribution is -2.67. The lowest BCUT2D eigenvalue weighted by atomic mass is 9.33. The van der Waals surface area contributed by atoms with Crippen molar-refractivity contribution in [2.45, 2.75) is 118 Å². The number of aliphatic hydroxyl groups excluding tert-OH is 2. The van der Waals surface area contributed by atoms with E-state index < -0.39 is 12.2 Å². The number of carbonyl (C=O) groups excluding carboxylic acids is 1. The minimum absolute atomic E-state index is 0.00929. The van der Waals surface area contributed by atoms with Gasteiger partial charge in [-0.3, -0.25) is 4.79 Å². The van der Waals surface area contributed by atoms with Gasteiger partial charge in [0.25, 0.3) is 0 Å². The van der Waals surface area contributed by atoms with E-state index >= 15 is 0 Å². The largest absolute Gasteiger partial charge is 0.469 e. The molecule has 0 aromatic carbocycles. The van der Waals surface area contributed by atoms with Gasteiger partial charge in [-0.25, -0.2) is 0 Å². The molecule has 5 aliphatic rings. The Morgan fingerprint density at radius 3 is 2.23 bits per heavy atom. The third-order valence-electron chi connectivity index (χ3n) is 13.2. The van der Waals surface area contributed by atoms with Gasteiger partial charge in [-0.05, 0) is 103 Å². The van der Waals surface area contributed by atoms with Gasteiger partial charge >= 0.3 is 5.97 Å². The zero-order chi connectivity index (χ0) is 25.8. The van der Waals surface area contributed by atoms with E-state index in [0.717, 1.165) is 51.4 Å². The molecule has 35 heavy (non-hydrogen) atoms. The van der Waals surface area contributed by atoms with Gasteiger partial charge in [0.1, 0.15) is 0 Å². The predicted octanol–water partition coefficient (Wildman–Crippen LogP) is 6.29. The molecule has 0 amide bonds. The van der Waals surface area contributed by atoms with Crippen molar-refractivity contribution < 1.29 is 19.7 Å². The first kappa shape index (κ1) is 25.8. The van der Waals surface area contributed by atoms with Gasteiger partial charge in [0.2, 0.25) is 0 Å². The molecule has 5 rings (SSSR count). The highest BCUT2D eigenvalue weighted by Gasteiger charge is 2.70. The van der Waals surface area contributed by atoms with Gasteiger partial charge in [-0.2, -0.15) is 0 Å². The Labute approximate surface area is 213 Å². The van der Waals surface area contributed by atoms with E-state index in [-0.39, 0.29) is 44.4 Å². The van der Waals surface area contributed by atoms with Gasteiger partial charge in [-0.15, -0.1) is 0 Å². The summed E-state index contributed by atoms with van der Waals surface area (Å²) in [6.45, 7) is 16.6. The molecule has 0 heterocycles. The number of methoxy groups -OCH3 is 1. The Kier molecular flexibility index (Phi) is 5.59. The number of allylic oxidation sites excluding steroid dienone is 2. The van der Waals surface area contributed by atoms with Crippen molar-refractivity contribution in [2.24, 2.45) is 50.2 Å². The SMILES string of the molecule is COC(=O)[C@]12CCC(C)(C)C[C@@H]1C1=CC[C@@H]3[C@@]4(C)C[C@@H](O)[C@H](O)C(C)(C)C4CC[C@@]3(C)[C@]1(C)CC2. The second-order valence-corrected chi connectivity index (χ2v) is 15.4. The van der Waals surface area contributed by atoms with Crippen LogP contribution in [0.2, 0.25) is 0 Å². The van der Waals surface area contributed by atoms with Crippen LogP contribution in [-0.2, 0) is 9.53 Å². The molecule has 0 aromatic rings. The summed E-state index contributed by atoms with van der Waals surface area (Å²) in [4.78, 5) is 13.4. The zero-order valence-corrected chi connectivity index (χ0v) is 23.5. The first-order valence-corrected chi connectivity index (χ1v) is 14.2. The Morgan fingerprint density at radius 1 is 0.914 bits per heavy atom. The number of hydrogen-bond donors (Lipinski definition) is 2. The Bertz CT molecular complexity index is 934. The van der Waals surface area contributed by atoms with Crippen molar-refractivity contribution in [3.63, 3.8) is 0 Å². The van der Waals surface area contributed by atoms with E-state index in [1.165, 1.54) is 0 Å². The summed E-state index contributed by atoms with van der Waals surface area (Å²) in [5.41, 5.74) is 1.26. The topological polar surface area (TPSA) is 66.8 Å². The van der Waals surface area contributed by atoms with E-state index in [2.05, 4.69) is 54.5 Å². The molecule has 0 bridgehead atoms. The normalized spacial score (nSPS) is 52.2. The number of hydrogen-bond acceptors (Lipinski definition) is 4. The minimum atomic E-state index is -0.663. The van der Waals surface area contributed by atoms with E-state index in [4.69, 9.17) is 4.74 Å². The highest BCUT2D eigenvalue weighted by molar-refractivity contribution is 5.78. The average molecular weight is 487 g/mol. The molecule has 4 saturated carbocycles. The fraction of sp³-hybridized carbons (Fsp3) is 0.903. The van der Waals surface area contributed by atoms with Crippen LogP contribution < -0.4 is 0 Å². The Balaban J connectivity index is 1.61. The summed E-state index contributed by atoms with van der Waals surface area (Å²) >= 11 is 0. The second-order valence-electron chi connectivity index (χ2n) is 15.4. The van der Waals surface area contributed by atoms with Crippen LogP contribution in [-0.4, -0.2) is 35.5 Å². The van der Waals surface area contributed by atoms with E-state index in [1.54, 1.807) is 12.7 Å². The molecule has 4 heteroatoms. The van der Waals surface area contributed by atoms with Crippen molar-refractivity contribution in [3.8, 4) is 0 Å². The number of rotatable bonds is 1. The van der Waals surface area contributed by atoms with E-state index in [1.807, 2.05) is 0 Å². The lowest BCUT2D eigenvalue weighted by Gasteiger charge is -2.71. The Hall–Kier alpha value is -0.870. The summed E-state index contributed by atoms with van der Waals surface area (Å²) in [7, 11) is 1.57. The molecule has 198 valence electrons. The molecule has 0 spiro atoms. The summed E-state index contributed by atoms with van der Waals surface area (Å²) in [6, 6.07) is 0. The van der Waals surface area contributed by atoms with Crippen LogP contribution in [0.3, 0.4) is 0 Å². The molecule has 0 saturated heterocycles. The molecular weight excluding hydrogens is 436 g/mol. The maximum absolute atomic E-state index is 13.4. The van der Waals surface area contributed by atoms with Crippen LogP contribution in [0.4, 0.5) is 0 Å². The molecule has 1 unspecified atom stereocenters. The molecule has 0 aromatic heterocycles. The lowest BCUT2D eigenvalue weighted by molar-refractivity contribution is -0.232. The smallest absolute Gasteiger partial charge is 0.312 e.